The Hall–Kier alpha value is -2.70. The molecule has 6 nitrogen and oxygen atoms in total. The van der Waals surface area contributed by atoms with Crippen molar-refractivity contribution < 1.29 is 9.53 Å². The molecule has 1 fully saturated rings. The second kappa shape index (κ2) is 8.76. The van der Waals surface area contributed by atoms with Gasteiger partial charge < -0.3 is 10.1 Å². The van der Waals surface area contributed by atoms with E-state index in [1.54, 1.807) is 0 Å². The Kier molecular flexibility index (Phi) is 5.92. The minimum absolute atomic E-state index is 0.0543. The summed E-state index contributed by atoms with van der Waals surface area (Å²) in [5, 5.41) is 3.27. The van der Waals surface area contributed by atoms with Gasteiger partial charge in [-0.2, -0.15) is 0 Å². The number of nitrogens with zero attached hydrogens (tertiary/aromatic N) is 3. The van der Waals surface area contributed by atoms with E-state index in [0.29, 0.717) is 5.69 Å². The van der Waals surface area contributed by atoms with Crippen LogP contribution in [0.3, 0.4) is 0 Å². The number of hydrogen-bond acceptors (Lipinski definition) is 4. The summed E-state index contributed by atoms with van der Waals surface area (Å²) in [6, 6.07) is 14.1. The Balaban J connectivity index is 1.56. The highest BCUT2D eigenvalue weighted by molar-refractivity contribution is 5.95. The number of carbonyl (C=O) groups is 1. The highest BCUT2D eigenvalue weighted by atomic mass is 16.5. The van der Waals surface area contributed by atoms with Crippen LogP contribution in [0.4, 0.5) is 0 Å². The van der Waals surface area contributed by atoms with Gasteiger partial charge in [0.1, 0.15) is 11.3 Å². The van der Waals surface area contributed by atoms with Crippen molar-refractivity contribution in [2.24, 2.45) is 0 Å². The van der Waals surface area contributed by atoms with Crippen LogP contribution in [0.2, 0.25) is 0 Å². The van der Waals surface area contributed by atoms with Gasteiger partial charge in [0, 0.05) is 25.8 Å². The van der Waals surface area contributed by atoms with Crippen LogP contribution in [0.5, 0.6) is 0 Å². The molecule has 0 aliphatic carbocycles. The quantitative estimate of drug-likeness (QED) is 0.700. The van der Waals surface area contributed by atoms with Gasteiger partial charge in [0.2, 0.25) is 0 Å². The van der Waals surface area contributed by atoms with E-state index in [1.165, 1.54) is 0 Å². The smallest absolute Gasteiger partial charge is 0.270 e. The SMILES string of the molecule is Cc1nc2c(C)cccn2c1C(=O)N[C@H](CCN1CCOCC1)c1ccccc1. The molecule has 3 heterocycles. The molecule has 29 heavy (non-hydrogen) atoms. The van der Waals surface area contributed by atoms with Gasteiger partial charge in [0.15, 0.2) is 0 Å². The first-order chi connectivity index (χ1) is 14.1. The molecule has 1 N–H and O–H groups in total. The van der Waals surface area contributed by atoms with Crippen molar-refractivity contribution in [3.63, 3.8) is 0 Å². The van der Waals surface area contributed by atoms with Gasteiger partial charge in [-0.15, -0.1) is 0 Å². The molecule has 152 valence electrons. The fraction of sp³-hybridized carbons (Fsp3) is 0.391. The maximum absolute atomic E-state index is 13.3. The maximum atomic E-state index is 13.3. The van der Waals surface area contributed by atoms with Crippen molar-refractivity contribution in [1.29, 1.82) is 0 Å². The molecule has 1 aliphatic rings. The van der Waals surface area contributed by atoms with E-state index in [9.17, 15) is 4.79 Å². The second-order valence-corrected chi connectivity index (χ2v) is 7.61. The summed E-state index contributed by atoms with van der Waals surface area (Å²) in [5.74, 6) is -0.0866. The van der Waals surface area contributed by atoms with Gasteiger partial charge in [-0.05, 0) is 37.5 Å². The molecule has 0 bridgehead atoms. The number of rotatable bonds is 6. The Bertz CT molecular complexity index is 977. The lowest BCUT2D eigenvalue weighted by atomic mass is 10.0. The zero-order valence-corrected chi connectivity index (χ0v) is 17.1. The van der Waals surface area contributed by atoms with Gasteiger partial charge in [-0.3, -0.25) is 14.1 Å². The van der Waals surface area contributed by atoms with E-state index in [0.717, 1.165) is 61.7 Å². The van der Waals surface area contributed by atoms with E-state index in [-0.39, 0.29) is 11.9 Å². The summed E-state index contributed by atoms with van der Waals surface area (Å²) in [7, 11) is 0. The summed E-state index contributed by atoms with van der Waals surface area (Å²) in [5.41, 5.74) is 4.37. The predicted octanol–water partition coefficient (Wildman–Crippen LogP) is 3.14. The fourth-order valence-electron chi connectivity index (χ4n) is 3.96. The molecular formula is C23H28N4O2. The molecule has 4 rings (SSSR count). The Morgan fingerprint density at radius 3 is 2.66 bits per heavy atom. The van der Waals surface area contributed by atoms with E-state index in [2.05, 4.69) is 27.3 Å². The lowest BCUT2D eigenvalue weighted by Gasteiger charge is -2.28. The number of amides is 1. The average Bonchev–Trinajstić information content (AvgIpc) is 3.10. The molecule has 0 unspecified atom stereocenters. The van der Waals surface area contributed by atoms with Gasteiger partial charge >= 0.3 is 0 Å². The van der Waals surface area contributed by atoms with Crippen LogP contribution in [0.25, 0.3) is 5.65 Å². The Morgan fingerprint density at radius 2 is 1.90 bits per heavy atom. The molecule has 1 amide bonds. The van der Waals surface area contributed by atoms with Crippen molar-refractivity contribution in [2.45, 2.75) is 26.3 Å². The monoisotopic (exact) mass is 392 g/mol. The highest BCUT2D eigenvalue weighted by Crippen LogP contribution is 2.20. The van der Waals surface area contributed by atoms with Gasteiger partial charge in [-0.1, -0.05) is 36.4 Å². The van der Waals surface area contributed by atoms with E-state index < -0.39 is 0 Å². The summed E-state index contributed by atoms with van der Waals surface area (Å²) >= 11 is 0. The molecule has 1 aliphatic heterocycles. The first kappa shape index (κ1) is 19.6. The number of imidazole rings is 1. The first-order valence-corrected chi connectivity index (χ1v) is 10.2. The topological polar surface area (TPSA) is 58.9 Å². The van der Waals surface area contributed by atoms with Crippen LogP contribution in [0, 0.1) is 13.8 Å². The van der Waals surface area contributed by atoms with Gasteiger partial charge in [0.05, 0.1) is 24.9 Å². The van der Waals surface area contributed by atoms with Crippen molar-refractivity contribution in [1.82, 2.24) is 19.6 Å². The van der Waals surface area contributed by atoms with Crippen molar-refractivity contribution in [2.75, 3.05) is 32.8 Å². The molecule has 1 saturated heterocycles. The predicted molar refractivity (Wildman–Crippen MR) is 113 cm³/mol. The maximum Gasteiger partial charge on any atom is 0.270 e. The molecule has 0 radical (unpaired) electrons. The number of morpholine rings is 1. The van der Waals surface area contributed by atoms with Crippen molar-refractivity contribution in [3.05, 3.63) is 71.2 Å². The summed E-state index contributed by atoms with van der Waals surface area (Å²) in [6.45, 7) is 8.28. The largest absolute Gasteiger partial charge is 0.379 e. The molecule has 2 aromatic heterocycles. The molecule has 0 saturated carbocycles. The molecular weight excluding hydrogens is 364 g/mol. The number of pyridine rings is 1. The van der Waals surface area contributed by atoms with E-state index in [1.807, 2.05) is 54.8 Å². The highest BCUT2D eigenvalue weighted by Gasteiger charge is 2.22. The second-order valence-electron chi connectivity index (χ2n) is 7.61. The minimum Gasteiger partial charge on any atom is -0.379 e. The Morgan fingerprint density at radius 1 is 1.14 bits per heavy atom. The van der Waals surface area contributed by atoms with E-state index in [4.69, 9.17) is 4.74 Å². The Labute approximate surface area is 171 Å². The van der Waals surface area contributed by atoms with Gasteiger partial charge in [0.25, 0.3) is 5.91 Å². The van der Waals surface area contributed by atoms with Crippen LogP contribution in [-0.4, -0.2) is 53.0 Å². The number of nitrogens with one attached hydrogen (secondary N) is 1. The minimum atomic E-state index is -0.0866. The average molecular weight is 393 g/mol. The van der Waals surface area contributed by atoms with Crippen LogP contribution >= 0.6 is 0 Å². The number of aromatic nitrogens is 2. The first-order valence-electron chi connectivity index (χ1n) is 10.2. The molecule has 1 atom stereocenters. The number of benzene rings is 1. The summed E-state index contributed by atoms with van der Waals surface area (Å²) < 4.78 is 7.34. The number of ether oxygens (including phenoxy) is 1. The zero-order chi connectivity index (χ0) is 20.2. The van der Waals surface area contributed by atoms with Crippen LogP contribution in [-0.2, 0) is 4.74 Å². The summed E-state index contributed by atoms with van der Waals surface area (Å²) in [4.78, 5) is 20.3. The van der Waals surface area contributed by atoms with Crippen LogP contribution in [0.1, 0.15) is 39.8 Å². The van der Waals surface area contributed by atoms with Crippen molar-refractivity contribution >= 4 is 11.6 Å². The number of carbonyl (C=O) groups excluding carboxylic acids is 1. The van der Waals surface area contributed by atoms with Gasteiger partial charge in [-0.25, -0.2) is 4.98 Å². The van der Waals surface area contributed by atoms with Crippen LogP contribution < -0.4 is 5.32 Å². The normalized spacial score (nSPS) is 16.1. The van der Waals surface area contributed by atoms with E-state index >= 15 is 0 Å². The lowest BCUT2D eigenvalue weighted by Crippen LogP contribution is -2.39. The fourth-order valence-corrected chi connectivity index (χ4v) is 3.96. The molecule has 3 aromatic rings. The number of fused-ring (bicyclic) bond motifs is 1. The molecule has 0 spiro atoms. The molecule has 6 heteroatoms. The third-order valence-electron chi connectivity index (χ3n) is 5.58. The standard InChI is InChI=1S/C23H28N4O2/c1-17-7-6-11-27-21(18(2)24-22(17)27)23(28)25-20(19-8-4-3-5-9-19)10-12-26-13-15-29-16-14-26/h3-9,11,20H,10,12-16H2,1-2H3,(H,25,28)/t20-/m1/s1. The lowest BCUT2D eigenvalue weighted by molar-refractivity contribution is 0.0360. The third-order valence-corrected chi connectivity index (χ3v) is 5.58. The summed E-state index contributed by atoms with van der Waals surface area (Å²) in [6.07, 6.45) is 2.76. The zero-order valence-electron chi connectivity index (χ0n) is 17.1. The molecule has 1 aromatic carbocycles. The third kappa shape index (κ3) is 4.33. The van der Waals surface area contributed by atoms with Crippen LogP contribution in [0.15, 0.2) is 48.7 Å². The number of hydrogen-bond donors (Lipinski definition) is 1. The number of aryl methyl sites for hydroxylation is 2. The van der Waals surface area contributed by atoms with Crippen molar-refractivity contribution in [3.8, 4) is 0 Å².